The van der Waals surface area contributed by atoms with Crippen LogP contribution < -0.4 is 11.5 Å². The number of nitrogens with two attached hydrogens (primary N) is 2. The minimum Gasteiger partial charge on any atom is -0.341 e. The monoisotopic (exact) mass is 295 g/mol. The summed E-state index contributed by atoms with van der Waals surface area (Å²) in [5, 5.41) is 0. The third kappa shape index (κ3) is 5.15. The van der Waals surface area contributed by atoms with Gasteiger partial charge < -0.3 is 16.4 Å². The van der Waals surface area contributed by atoms with Crippen LogP contribution in [0.5, 0.6) is 0 Å². The summed E-state index contributed by atoms with van der Waals surface area (Å²) in [6.45, 7) is 0.627. The number of thiol groups is 1. The molecule has 0 spiro atoms. The molecule has 1 amide bonds. The molecule has 1 aromatic carbocycles. The first-order chi connectivity index (χ1) is 9.60. The molecule has 1 aromatic rings. The molecule has 0 bridgehead atoms. The predicted molar refractivity (Wildman–Crippen MR) is 86.8 cm³/mol. The van der Waals surface area contributed by atoms with E-state index in [4.69, 9.17) is 11.5 Å². The van der Waals surface area contributed by atoms with Crippen molar-refractivity contribution in [3.8, 4) is 0 Å². The predicted octanol–water partition coefficient (Wildman–Crippen LogP) is 1.05. The number of rotatable bonds is 8. The lowest BCUT2D eigenvalue weighted by Gasteiger charge is -2.29. The fourth-order valence-corrected chi connectivity index (χ4v) is 2.59. The first-order valence-electron chi connectivity index (χ1n) is 6.97. The molecule has 1 rings (SSSR count). The molecule has 0 heterocycles. The van der Waals surface area contributed by atoms with Crippen LogP contribution in [0.1, 0.15) is 18.4 Å². The summed E-state index contributed by atoms with van der Waals surface area (Å²) in [5.74, 6) is 0.588. The fraction of sp³-hybridized carbons (Fsp3) is 0.533. The Morgan fingerprint density at radius 2 is 2.00 bits per heavy atom. The van der Waals surface area contributed by atoms with Gasteiger partial charge in [0.1, 0.15) is 0 Å². The van der Waals surface area contributed by atoms with E-state index < -0.39 is 6.04 Å². The fourth-order valence-electron chi connectivity index (χ4n) is 2.16. The molecule has 2 atom stereocenters. The van der Waals surface area contributed by atoms with Gasteiger partial charge in [-0.2, -0.15) is 12.6 Å². The van der Waals surface area contributed by atoms with Crippen LogP contribution >= 0.6 is 12.6 Å². The van der Waals surface area contributed by atoms with Crippen LogP contribution in [-0.4, -0.2) is 42.2 Å². The van der Waals surface area contributed by atoms with Gasteiger partial charge in [-0.15, -0.1) is 0 Å². The summed E-state index contributed by atoms with van der Waals surface area (Å²) < 4.78 is 0. The Morgan fingerprint density at radius 1 is 1.35 bits per heavy atom. The molecule has 0 saturated carbocycles. The maximum Gasteiger partial charge on any atom is 0.239 e. The van der Waals surface area contributed by atoms with Gasteiger partial charge in [-0.1, -0.05) is 30.3 Å². The molecule has 0 aliphatic carbocycles. The van der Waals surface area contributed by atoms with Crippen molar-refractivity contribution in [1.29, 1.82) is 0 Å². The topological polar surface area (TPSA) is 72.3 Å². The number of benzene rings is 1. The van der Waals surface area contributed by atoms with E-state index in [1.54, 1.807) is 11.9 Å². The normalized spacial score (nSPS) is 13.8. The number of carbonyl (C=O) groups excluding carboxylic acids is 1. The Kier molecular flexibility index (Phi) is 7.65. The van der Waals surface area contributed by atoms with Gasteiger partial charge in [0.05, 0.1) is 6.04 Å². The van der Waals surface area contributed by atoms with E-state index in [0.29, 0.717) is 18.7 Å². The number of hydrogen-bond donors (Lipinski definition) is 3. The summed E-state index contributed by atoms with van der Waals surface area (Å²) in [7, 11) is 1.80. The van der Waals surface area contributed by atoms with Crippen molar-refractivity contribution in [2.24, 2.45) is 11.5 Å². The molecule has 0 radical (unpaired) electrons. The standard InChI is InChI=1S/C15H25N3OS/c1-18(13(11-20)8-5-9-16)15(19)14(17)10-12-6-3-2-4-7-12/h2-4,6-7,13-14,20H,5,8-11,16-17H2,1H3/t13-,14-/m0/s1. The van der Waals surface area contributed by atoms with Crippen molar-refractivity contribution in [2.45, 2.75) is 31.3 Å². The van der Waals surface area contributed by atoms with E-state index in [1.807, 2.05) is 30.3 Å². The van der Waals surface area contributed by atoms with Gasteiger partial charge in [-0.3, -0.25) is 4.79 Å². The van der Waals surface area contributed by atoms with E-state index in [-0.39, 0.29) is 11.9 Å². The lowest BCUT2D eigenvalue weighted by Crippen LogP contribution is -2.48. The Bertz CT molecular complexity index is 399. The maximum atomic E-state index is 12.3. The lowest BCUT2D eigenvalue weighted by molar-refractivity contribution is -0.133. The smallest absolute Gasteiger partial charge is 0.239 e. The number of likely N-dealkylation sites (N-methyl/N-ethyl adjacent to an activating group) is 1. The molecular formula is C15H25N3OS. The zero-order chi connectivity index (χ0) is 15.0. The molecule has 0 aliphatic rings. The van der Waals surface area contributed by atoms with Crippen molar-refractivity contribution in [1.82, 2.24) is 4.90 Å². The first-order valence-corrected chi connectivity index (χ1v) is 7.60. The quantitative estimate of drug-likeness (QED) is 0.628. The van der Waals surface area contributed by atoms with Crippen LogP contribution in [0.15, 0.2) is 30.3 Å². The summed E-state index contributed by atoms with van der Waals surface area (Å²) in [6, 6.07) is 9.41. The minimum absolute atomic E-state index is 0.0371. The average molecular weight is 295 g/mol. The van der Waals surface area contributed by atoms with Crippen LogP contribution in [0.4, 0.5) is 0 Å². The van der Waals surface area contributed by atoms with Crippen LogP contribution in [0.2, 0.25) is 0 Å². The SMILES string of the molecule is CN(C(=O)[C@@H](N)Cc1ccccc1)[C@H](CS)CCCN. The van der Waals surface area contributed by atoms with Gasteiger partial charge in [0.25, 0.3) is 0 Å². The zero-order valence-corrected chi connectivity index (χ0v) is 12.9. The maximum absolute atomic E-state index is 12.3. The molecule has 0 aliphatic heterocycles. The van der Waals surface area contributed by atoms with Gasteiger partial charge in [-0.25, -0.2) is 0 Å². The highest BCUT2D eigenvalue weighted by atomic mass is 32.1. The summed E-state index contributed by atoms with van der Waals surface area (Å²) in [5.41, 5.74) is 12.6. The summed E-state index contributed by atoms with van der Waals surface area (Å²) in [4.78, 5) is 14.1. The molecular weight excluding hydrogens is 270 g/mol. The van der Waals surface area contributed by atoms with Gasteiger partial charge in [0.2, 0.25) is 5.91 Å². The van der Waals surface area contributed by atoms with Crippen molar-refractivity contribution >= 4 is 18.5 Å². The first kappa shape index (κ1) is 17.0. The van der Waals surface area contributed by atoms with Crippen molar-refractivity contribution in [2.75, 3.05) is 19.3 Å². The van der Waals surface area contributed by atoms with Gasteiger partial charge in [0.15, 0.2) is 0 Å². The highest BCUT2D eigenvalue weighted by Gasteiger charge is 2.23. The molecule has 5 heteroatoms. The van der Waals surface area contributed by atoms with E-state index >= 15 is 0 Å². The van der Waals surface area contributed by atoms with Crippen LogP contribution in [0.25, 0.3) is 0 Å². The van der Waals surface area contributed by atoms with Crippen LogP contribution in [0, 0.1) is 0 Å². The lowest BCUT2D eigenvalue weighted by atomic mass is 10.0. The third-order valence-corrected chi connectivity index (χ3v) is 3.88. The molecule has 0 saturated heterocycles. The molecule has 112 valence electrons. The second-order valence-electron chi connectivity index (χ2n) is 5.01. The second-order valence-corrected chi connectivity index (χ2v) is 5.38. The van der Waals surface area contributed by atoms with Crippen molar-refractivity contribution in [3.63, 3.8) is 0 Å². The Balaban J connectivity index is 2.58. The summed E-state index contributed by atoms with van der Waals surface area (Å²) in [6.07, 6.45) is 2.30. The molecule has 0 fully saturated rings. The molecule has 0 unspecified atom stereocenters. The van der Waals surface area contributed by atoms with E-state index in [0.717, 1.165) is 18.4 Å². The Morgan fingerprint density at radius 3 is 2.55 bits per heavy atom. The summed E-state index contributed by atoms with van der Waals surface area (Å²) >= 11 is 4.31. The number of nitrogens with zero attached hydrogens (tertiary/aromatic N) is 1. The average Bonchev–Trinajstić information content (AvgIpc) is 2.48. The second kappa shape index (κ2) is 9.00. The molecule has 4 nitrogen and oxygen atoms in total. The molecule has 4 N–H and O–H groups in total. The Hall–Kier alpha value is -1.04. The van der Waals surface area contributed by atoms with Gasteiger partial charge in [-0.05, 0) is 31.4 Å². The van der Waals surface area contributed by atoms with Gasteiger partial charge >= 0.3 is 0 Å². The van der Waals surface area contributed by atoms with Gasteiger partial charge in [0, 0.05) is 18.8 Å². The van der Waals surface area contributed by atoms with E-state index in [1.165, 1.54) is 0 Å². The minimum atomic E-state index is -0.511. The van der Waals surface area contributed by atoms with Crippen LogP contribution in [0.3, 0.4) is 0 Å². The van der Waals surface area contributed by atoms with E-state index in [2.05, 4.69) is 12.6 Å². The number of carbonyl (C=O) groups is 1. The number of amides is 1. The van der Waals surface area contributed by atoms with Crippen molar-refractivity contribution in [3.05, 3.63) is 35.9 Å². The highest BCUT2D eigenvalue weighted by Crippen LogP contribution is 2.10. The number of hydrogen-bond acceptors (Lipinski definition) is 4. The van der Waals surface area contributed by atoms with Crippen molar-refractivity contribution < 1.29 is 4.79 Å². The largest absolute Gasteiger partial charge is 0.341 e. The molecule has 0 aromatic heterocycles. The van der Waals surface area contributed by atoms with Crippen LogP contribution in [-0.2, 0) is 11.2 Å². The molecule has 20 heavy (non-hydrogen) atoms. The third-order valence-electron chi connectivity index (χ3n) is 3.46. The zero-order valence-electron chi connectivity index (χ0n) is 12.0. The van der Waals surface area contributed by atoms with E-state index in [9.17, 15) is 4.79 Å². The highest BCUT2D eigenvalue weighted by molar-refractivity contribution is 7.80. The Labute approximate surface area is 126 Å².